The fraction of sp³-hybridized carbons (Fsp3) is 0.235. The van der Waals surface area contributed by atoms with Crippen molar-refractivity contribution in [2.45, 2.75) is 24.4 Å². The fourth-order valence-corrected chi connectivity index (χ4v) is 3.41. The Morgan fingerprint density at radius 1 is 1.23 bits per heavy atom. The molecule has 0 radical (unpaired) electrons. The summed E-state index contributed by atoms with van der Waals surface area (Å²) in [7, 11) is 1.63. The highest BCUT2D eigenvalue weighted by Gasteiger charge is 2.15. The van der Waals surface area contributed by atoms with Crippen molar-refractivity contribution in [1.82, 2.24) is 20.2 Å². The summed E-state index contributed by atoms with van der Waals surface area (Å²) in [4.78, 5) is 10.7. The Balaban J connectivity index is 1.71. The molecule has 3 aromatic rings. The Labute approximate surface area is 154 Å². The number of hydrogen-bond donors (Lipinski definition) is 0. The number of aromatic nitrogens is 4. The van der Waals surface area contributed by atoms with Gasteiger partial charge in [-0.2, -0.15) is 0 Å². The first-order valence-electron chi connectivity index (χ1n) is 7.83. The van der Waals surface area contributed by atoms with Crippen LogP contribution in [0.3, 0.4) is 0 Å². The van der Waals surface area contributed by atoms with E-state index in [1.54, 1.807) is 24.8 Å². The lowest BCUT2D eigenvalue weighted by atomic mass is 10.1. The van der Waals surface area contributed by atoms with Gasteiger partial charge in [0.1, 0.15) is 5.75 Å². The molecule has 0 atom stereocenters. The van der Waals surface area contributed by atoms with Crippen LogP contribution in [0.1, 0.15) is 16.7 Å². The van der Waals surface area contributed by atoms with Crippen molar-refractivity contribution in [3.05, 3.63) is 69.3 Å². The van der Waals surface area contributed by atoms with Gasteiger partial charge in [0.25, 0.3) is 5.69 Å². The molecule has 0 fully saturated rings. The van der Waals surface area contributed by atoms with Crippen molar-refractivity contribution in [3.63, 3.8) is 0 Å². The Kier molecular flexibility index (Phi) is 5.47. The lowest BCUT2D eigenvalue weighted by Gasteiger charge is -2.07. The van der Waals surface area contributed by atoms with E-state index in [0.29, 0.717) is 23.0 Å². The van der Waals surface area contributed by atoms with Crippen LogP contribution < -0.4 is 4.74 Å². The van der Waals surface area contributed by atoms with Gasteiger partial charge in [0.15, 0.2) is 0 Å². The molecule has 3 rings (SSSR count). The summed E-state index contributed by atoms with van der Waals surface area (Å²) in [5, 5.41) is 23.5. The first-order chi connectivity index (χ1) is 12.6. The minimum atomic E-state index is -0.364. The maximum atomic E-state index is 11.1. The zero-order valence-electron chi connectivity index (χ0n) is 14.3. The molecule has 0 aliphatic rings. The monoisotopic (exact) mass is 371 g/mol. The van der Waals surface area contributed by atoms with Gasteiger partial charge in [-0.15, -0.1) is 5.10 Å². The number of nitro groups is 1. The maximum Gasteiger partial charge on any atom is 0.272 e. The van der Waals surface area contributed by atoms with Crippen molar-refractivity contribution in [1.29, 1.82) is 0 Å². The van der Waals surface area contributed by atoms with E-state index in [4.69, 9.17) is 4.74 Å². The Bertz CT molecular complexity index is 911. The number of tetrazole rings is 1. The number of ether oxygens (including phenoxy) is 1. The van der Waals surface area contributed by atoms with Gasteiger partial charge in [-0.25, -0.2) is 4.68 Å². The van der Waals surface area contributed by atoms with Crippen molar-refractivity contribution in [2.24, 2.45) is 0 Å². The molecule has 1 heterocycles. The summed E-state index contributed by atoms with van der Waals surface area (Å²) in [6, 6.07) is 12.8. The number of rotatable bonds is 7. The van der Waals surface area contributed by atoms with Crippen LogP contribution in [0, 0.1) is 17.0 Å². The second kappa shape index (κ2) is 7.96. The highest BCUT2D eigenvalue weighted by atomic mass is 32.2. The summed E-state index contributed by atoms with van der Waals surface area (Å²) in [5.41, 5.74) is 2.73. The van der Waals surface area contributed by atoms with Gasteiger partial charge in [0.05, 0.1) is 18.6 Å². The zero-order valence-corrected chi connectivity index (χ0v) is 15.1. The smallest absolute Gasteiger partial charge is 0.272 e. The number of nitro benzene ring substituents is 1. The van der Waals surface area contributed by atoms with Crippen LogP contribution in [0.5, 0.6) is 5.75 Å². The fourth-order valence-electron chi connectivity index (χ4n) is 2.47. The first kappa shape index (κ1) is 17.9. The highest BCUT2D eigenvalue weighted by Crippen LogP contribution is 2.27. The third-order valence-electron chi connectivity index (χ3n) is 3.96. The van der Waals surface area contributed by atoms with Crippen LogP contribution in [0.2, 0.25) is 0 Å². The molecule has 26 heavy (non-hydrogen) atoms. The normalized spacial score (nSPS) is 10.7. The maximum absolute atomic E-state index is 11.1. The lowest BCUT2D eigenvalue weighted by molar-refractivity contribution is -0.385. The Morgan fingerprint density at radius 2 is 2.00 bits per heavy atom. The van der Waals surface area contributed by atoms with Crippen molar-refractivity contribution in [3.8, 4) is 5.75 Å². The van der Waals surface area contributed by atoms with Gasteiger partial charge in [-0.1, -0.05) is 36.0 Å². The Hall–Kier alpha value is -2.94. The van der Waals surface area contributed by atoms with E-state index in [9.17, 15) is 10.1 Å². The van der Waals surface area contributed by atoms with Crippen molar-refractivity contribution < 1.29 is 9.66 Å². The molecular formula is C17H17N5O3S. The van der Waals surface area contributed by atoms with E-state index in [1.807, 2.05) is 30.3 Å². The Morgan fingerprint density at radius 3 is 2.69 bits per heavy atom. The van der Waals surface area contributed by atoms with Crippen LogP contribution in [0.15, 0.2) is 47.6 Å². The first-order valence-corrected chi connectivity index (χ1v) is 8.82. The molecule has 0 aliphatic carbocycles. The molecule has 0 aliphatic heterocycles. The molecule has 0 saturated carbocycles. The standard InChI is InChI=1S/C17H17N5O3S/c1-12-14(4-3-5-16(12)22(23)24)11-26-17-18-19-20-21(17)10-13-6-8-15(25-2)9-7-13/h3-9H,10-11H2,1-2H3. The molecule has 8 nitrogen and oxygen atoms in total. The number of hydrogen-bond acceptors (Lipinski definition) is 7. The van der Waals surface area contributed by atoms with Gasteiger partial charge in [-0.3, -0.25) is 10.1 Å². The summed E-state index contributed by atoms with van der Waals surface area (Å²) in [5.74, 6) is 1.34. The lowest BCUT2D eigenvalue weighted by Crippen LogP contribution is -2.04. The molecule has 2 aromatic carbocycles. The second-order valence-corrected chi connectivity index (χ2v) is 6.52. The van der Waals surface area contributed by atoms with Crippen LogP contribution in [0.4, 0.5) is 5.69 Å². The SMILES string of the molecule is COc1ccc(Cn2nnnc2SCc2cccc([N+](=O)[O-])c2C)cc1. The molecule has 0 amide bonds. The van der Waals surface area contributed by atoms with Gasteiger partial charge >= 0.3 is 0 Å². The molecule has 0 N–H and O–H groups in total. The van der Waals surface area contributed by atoms with E-state index in [2.05, 4.69) is 15.5 Å². The van der Waals surface area contributed by atoms with E-state index in [1.165, 1.54) is 17.8 Å². The van der Waals surface area contributed by atoms with E-state index >= 15 is 0 Å². The molecule has 0 spiro atoms. The number of thioether (sulfide) groups is 1. The quantitative estimate of drug-likeness (QED) is 0.357. The predicted molar refractivity (Wildman–Crippen MR) is 97.3 cm³/mol. The van der Waals surface area contributed by atoms with Gasteiger partial charge in [-0.05, 0) is 40.6 Å². The molecule has 134 valence electrons. The van der Waals surface area contributed by atoms with Crippen LogP contribution >= 0.6 is 11.8 Å². The minimum Gasteiger partial charge on any atom is -0.497 e. The third kappa shape index (κ3) is 3.99. The van der Waals surface area contributed by atoms with E-state index in [-0.39, 0.29) is 10.6 Å². The molecular weight excluding hydrogens is 354 g/mol. The van der Waals surface area contributed by atoms with Crippen molar-refractivity contribution in [2.75, 3.05) is 7.11 Å². The molecule has 0 saturated heterocycles. The van der Waals surface area contributed by atoms with Crippen LogP contribution in [-0.4, -0.2) is 32.2 Å². The highest BCUT2D eigenvalue weighted by molar-refractivity contribution is 7.98. The average molecular weight is 371 g/mol. The van der Waals surface area contributed by atoms with Crippen LogP contribution in [-0.2, 0) is 12.3 Å². The molecule has 1 aromatic heterocycles. The minimum absolute atomic E-state index is 0.126. The van der Waals surface area contributed by atoms with E-state index < -0.39 is 0 Å². The van der Waals surface area contributed by atoms with Crippen molar-refractivity contribution >= 4 is 17.4 Å². The van der Waals surface area contributed by atoms with E-state index in [0.717, 1.165) is 16.9 Å². The summed E-state index contributed by atoms with van der Waals surface area (Å²) >= 11 is 1.45. The third-order valence-corrected chi connectivity index (χ3v) is 4.97. The molecule has 0 bridgehead atoms. The molecule has 9 heteroatoms. The summed E-state index contributed by atoms with van der Waals surface area (Å²) < 4.78 is 6.86. The zero-order chi connectivity index (χ0) is 18.5. The topological polar surface area (TPSA) is 96.0 Å². The number of nitrogens with zero attached hydrogens (tertiary/aromatic N) is 5. The second-order valence-electron chi connectivity index (χ2n) is 5.57. The summed E-state index contributed by atoms with van der Waals surface area (Å²) in [6.45, 7) is 2.29. The van der Waals surface area contributed by atoms with Gasteiger partial charge in [0.2, 0.25) is 5.16 Å². The van der Waals surface area contributed by atoms with Gasteiger partial charge in [0, 0.05) is 17.4 Å². The predicted octanol–water partition coefficient (Wildman–Crippen LogP) is 3.24. The summed E-state index contributed by atoms with van der Waals surface area (Å²) in [6.07, 6.45) is 0. The number of methoxy groups -OCH3 is 1. The molecule has 0 unspecified atom stereocenters. The largest absolute Gasteiger partial charge is 0.497 e. The van der Waals surface area contributed by atoms with Crippen LogP contribution in [0.25, 0.3) is 0 Å². The average Bonchev–Trinajstić information content (AvgIpc) is 3.08. The number of benzene rings is 2. The van der Waals surface area contributed by atoms with Gasteiger partial charge < -0.3 is 4.74 Å².